The maximum absolute atomic E-state index is 14.5. The molecule has 10 heteroatoms. The molecule has 4 N–H and O–H groups in total. The average molecular weight is 435 g/mol. The normalized spacial score (nSPS) is 30.1. The molecule has 0 bridgehead atoms. The van der Waals surface area contributed by atoms with Crippen LogP contribution in [0.4, 0.5) is 10.2 Å². The van der Waals surface area contributed by atoms with E-state index in [1.165, 1.54) is 0 Å². The number of dihydropyridines is 1. The summed E-state index contributed by atoms with van der Waals surface area (Å²) < 4.78 is 14.5. The summed E-state index contributed by atoms with van der Waals surface area (Å²) in [6.45, 7) is 2.33. The molecule has 8 nitrogen and oxygen atoms in total. The van der Waals surface area contributed by atoms with Crippen molar-refractivity contribution in [2.24, 2.45) is 16.8 Å². The lowest BCUT2D eigenvalue weighted by Crippen LogP contribution is -2.48. The molecule has 1 aromatic rings. The van der Waals surface area contributed by atoms with Gasteiger partial charge in [0.25, 0.3) is 0 Å². The second kappa shape index (κ2) is 8.69. The maximum atomic E-state index is 14.5. The number of allylic oxidation sites excluding steroid dienone is 1. The molecule has 5 atom stereocenters. The Morgan fingerprint density at radius 3 is 3.07 bits per heavy atom. The van der Waals surface area contributed by atoms with Crippen LogP contribution in [0.25, 0.3) is 5.57 Å². The number of hydrogen-bond donors (Lipinski definition) is 4. The minimum absolute atomic E-state index is 0.000614. The Labute approximate surface area is 178 Å². The van der Waals surface area contributed by atoms with Crippen LogP contribution in [0.1, 0.15) is 32.0 Å². The Morgan fingerprint density at radius 1 is 1.43 bits per heavy atom. The van der Waals surface area contributed by atoms with Gasteiger partial charge in [0.2, 0.25) is 5.91 Å². The molecule has 5 unspecified atom stereocenters. The minimum Gasteiger partial charge on any atom is -0.390 e. The minimum atomic E-state index is -0.936. The van der Waals surface area contributed by atoms with E-state index in [1.807, 2.05) is 13.0 Å². The molecule has 1 amide bonds. The first-order valence-corrected chi connectivity index (χ1v) is 10.5. The van der Waals surface area contributed by atoms with E-state index >= 15 is 0 Å². The van der Waals surface area contributed by atoms with Crippen molar-refractivity contribution >= 4 is 35.1 Å². The number of amides is 1. The molecule has 3 heterocycles. The number of anilines is 1. The molecular weight excluding hydrogens is 411 g/mol. The van der Waals surface area contributed by atoms with Gasteiger partial charge in [-0.3, -0.25) is 9.79 Å². The van der Waals surface area contributed by atoms with Crippen LogP contribution in [-0.2, 0) is 4.79 Å². The quantitative estimate of drug-likeness (QED) is 0.562. The number of aliphatic hydroxyl groups is 1. The highest BCUT2D eigenvalue weighted by atomic mass is 35.5. The number of carbonyl (C=O) groups excluding carboxylic acids is 1. The number of nitrogens with one attached hydrogen (secondary N) is 3. The Balaban J connectivity index is 1.53. The van der Waals surface area contributed by atoms with Crippen molar-refractivity contribution in [2.75, 3.05) is 11.9 Å². The highest BCUT2D eigenvalue weighted by Crippen LogP contribution is 2.34. The van der Waals surface area contributed by atoms with Crippen molar-refractivity contribution in [2.45, 2.75) is 44.5 Å². The Morgan fingerprint density at radius 2 is 2.27 bits per heavy atom. The molecule has 4 rings (SSSR count). The van der Waals surface area contributed by atoms with Gasteiger partial charge >= 0.3 is 0 Å². The molecule has 30 heavy (non-hydrogen) atoms. The summed E-state index contributed by atoms with van der Waals surface area (Å²) in [5.41, 5.74) is 0.752. The van der Waals surface area contributed by atoms with Gasteiger partial charge in [0, 0.05) is 30.5 Å². The lowest BCUT2D eigenvalue weighted by Gasteiger charge is -2.34. The Bertz CT molecular complexity index is 921. The predicted molar refractivity (Wildman–Crippen MR) is 112 cm³/mol. The molecule has 1 aliphatic carbocycles. The number of aromatic nitrogens is 2. The summed E-state index contributed by atoms with van der Waals surface area (Å²) in [5, 5.41) is 20.1. The lowest BCUT2D eigenvalue weighted by molar-refractivity contribution is -0.130. The summed E-state index contributed by atoms with van der Waals surface area (Å²) in [6.07, 6.45) is 7.13. The number of hydrogen-bond acceptors (Lipinski definition) is 7. The number of carbonyl (C=O) groups is 1. The number of fused-ring (bicyclic) bond motifs is 1. The van der Waals surface area contributed by atoms with Gasteiger partial charge in [-0.25, -0.2) is 14.4 Å². The molecule has 3 aliphatic rings. The SMILES string of the molecule is CCNC(=O)C1CCCC(Nc2nc(C3=CNC4N=CC(Cl)=CC34)ncc2F)C1O. The van der Waals surface area contributed by atoms with E-state index in [-0.39, 0.29) is 23.8 Å². The van der Waals surface area contributed by atoms with Crippen molar-refractivity contribution in [3.8, 4) is 0 Å². The maximum Gasteiger partial charge on any atom is 0.225 e. The molecule has 0 radical (unpaired) electrons. The predicted octanol–water partition coefficient (Wildman–Crippen LogP) is 1.79. The fraction of sp³-hybridized carbons (Fsp3) is 0.500. The van der Waals surface area contributed by atoms with Crippen LogP contribution in [0.15, 0.2) is 28.5 Å². The van der Waals surface area contributed by atoms with E-state index in [0.29, 0.717) is 30.2 Å². The van der Waals surface area contributed by atoms with Crippen LogP contribution >= 0.6 is 11.6 Å². The fourth-order valence-electron chi connectivity index (χ4n) is 4.15. The molecule has 1 fully saturated rings. The molecule has 1 aromatic heterocycles. The third kappa shape index (κ3) is 4.04. The molecule has 1 saturated carbocycles. The van der Waals surface area contributed by atoms with Crippen LogP contribution in [0.2, 0.25) is 0 Å². The van der Waals surface area contributed by atoms with E-state index in [9.17, 15) is 14.3 Å². The van der Waals surface area contributed by atoms with Crippen molar-refractivity contribution in [3.05, 3.63) is 35.1 Å². The highest BCUT2D eigenvalue weighted by Gasteiger charge is 2.37. The van der Waals surface area contributed by atoms with Gasteiger partial charge < -0.3 is 21.1 Å². The standard InChI is InChI=1S/C20H24ClFN6O2/c1-2-23-20(30)11-4-3-5-15(16(11)29)27-19-14(22)9-26-18(28-19)13-8-25-17-12(13)6-10(21)7-24-17/h6-9,11-12,15-17,25,29H,2-5H2,1H3,(H,23,30)(H,26,27,28). The van der Waals surface area contributed by atoms with Crippen LogP contribution in [0.5, 0.6) is 0 Å². The van der Waals surface area contributed by atoms with E-state index in [2.05, 4.69) is 30.9 Å². The van der Waals surface area contributed by atoms with Gasteiger partial charge in [-0.15, -0.1) is 0 Å². The molecule has 0 spiro atoms. The van der Waals surface area contributed by atoms with Gasteiger partial charge in [-0.1, -0.05) is 24.1 Å². The number of halogens is 2. The van der Waals surface area contributed by atoms with Crippen LogP contribution in [0.3, 0.4) is 0 Å². The highest BCUT2D eigenvalue weighted by molar-refractivity contribution is 6.39. The monoisotopic (exact) mass is 434 g/mol. The molecule has 0 saturated heterocycles. The topological polar surface area (TPSA) is 112 Å². The average Bonchev–Trinajstić information content (AvgIpc) is 3.14. The Kier molecular flexibility index (Phi) is 6.01. The number of rotatable bonds is 5. The summed E-state index contributed by atoms with van der Waals surface area (Å²) in [6, 6.07) is -0.486. The van der Waals surface area contributed by atoms with Gasteiger partial charge in [0.05, 0.1) is 29.3 Å². The molecule has 0 aromatic carbocycles. The largest absolute Gasteiger partial charge is 0.390 e. The summed E-state index contributed by atoms with van der Waals surface area (Å²) in [7, 11) is 0. The van der Waals surface area contributed by atoms with E-state index in [1.54, 1.807) is 12.4 Å². The van der Waals surface area contributed by atoms with Crippen molar-refractivity contribution in [3.63, 3.8) is 0 Å². The van der Waals surface area contributed by atoms with E-state index < -0.39 is 23.9 Å². The molecule has 2 aliphatic heterocycles. The van der Waals surface area contributed by atoms with Crippen LogP contribution in [-0.4, -0.2) is 52.1 Å². The van der Waals surface area contributed by atoms with Gasteiger partial charge in [0.15, 0.2) is 17.5 Å². The zero-order valence-electron chi connectivity index (χ0n) is 16.5. The van der Waals surface area contributed by atoms with Crippen molar-refractivity contribution in [1.82, 2.24) is 20.6 Å². The van der Waals surface area contributed by atoms with Gasteiger partial charge in [0.1, 0.15) is 6.17 Å². The second-order valence-electron chi connectivity index (χ2n) is 7.63. The number of aliphatic imine (C=N–C) groups is 1. The van der Waals surface area contributed by atoms with Crippen molar-refractivity contribution < 1.29 is 14.3 Å². The van der Waals surface area contributed by atoms with E-state index in [0.717, 1.165) is 18.2 Å². The van der Waals surface area contributed by atoms with Crippen molar-refractivity contribution in [1.29, 1.82) is 0 Å². The molecule has 160 valence electrons. The smallest absolute Gasteiger partial charge is 0.225 e. The third-order valence-electron chi connectivity index (χ3n) is 5.67. The van der Waals surface area contributed by atoms with Gasteiger partial charge in [-0.2, -0.15) is 0 Å². The van der Waals surface area contributed by atoms with Crippen LogP contribution < -0.4 is 16.0 Å². The second-order valence-corrected chi connectivity index (χ2v) is 8.07. The first kappa shape index (κ1) is 20.7. The summed E-state index contributed by atoms with van der Waals surface area (Å²) in [5.74, 6) is -1.14. The van der Waals surface area contributed by atoms with E-state index in [4.69, 9.17) is 11.6 Å². The summed E-state index contributed by atoms with van der Waals surface area (Å²) in [4.78, 5) is 25.0. The zero-order valence-corrected chi connectivity index (χ0v) is 17.2. The third-order valence-corrected chi connectivity index (χ3v) is 5.90. The lowest BCUT2D eigenvalue weighted by atomic mass is 9.82. The van der Waals surface area contributed by atoms with Gasteiger partial charge in [-0.05, 0) is 19.8 Å². The first-order valence-electron chi connectivity index (χ1n) is 10.1. The number of aliphatic hydroxyl groups excluding tert-OH is 1. The summed E-state index contributed by atoms with van der Waals surface area (Å²) >= 11 is 6.08. The zero-order chi connectivity index (χ0) is 21.3. The Hall–Kier alpha value is -2.52. The number of nitrogens with zero attached hydrogens (tertiary/aromatic N) is 3. The molecular formula is C20H24ClFN6O2. The van der Waals surface area contributed by atoms with Crippen LogP contribution in [0, 0.1) is 17.7 Å². The first-order chi connectivity index (χ1) is 14.5. The fourth-order valence-corrected chi connectivity index (χ4v) is 4.35.